The Balaban J connectivity index is 1.30. The van der Waals surface area contributed by atoms with Crippen molar-refractivity contribution in [1.29, 1.82) is 0 Å². The van der Waals surface area contributed by atoms with Gasteiger partial charge in [-0.2, -0.15) is 0 Å². The highest BCUT2D eigenvalue weighted by atomic mass is 32.2. The predicted molar refractivity (Wildman–Crippen MR) is 121 cm³/mol. The predicted octanol–water partition coefficient (Wildman–Crippen LogP) is 3.34. The highest BCUT2D eigenvalue weighted by molar-refractivity contribution is 7.90. The molecule has 162 valence electrons. The van der Waals surface area contributed by atoms with E-state index in [-0.39, 0.29) is 5.03 Å². The molecule has 1 aliphatic rings. The summed E-state index contributed by atoms with van der Waals surface area (Å²) >= 11 is 0. The van der Waals surface area contributed by atoms with Gasteiger partial charge in [0.15, 0.2) is 14.9 Å². The second kappa shape index (κ2) is 9.68. The van der Waals surface area contributed by atoms with E-state index < -0.39 is 9.84 Å². The Kier molecular flexibility index (Phi) is 6.75. The maximum Gasteiger partial charge on any atom is 0.193 e. The van der Waals surface area contributed by atoms with E-state index >= 15 is 0 Å². The molecule has 1 aliphatic carbocycles. The molecule has 1 unspecified atom stereocenters. The lowest BCUT2D eigenvalue weighted by Gasteiger charge is -2.25. The molecule has 2 heterocycles. The molecule has 6 nitrogen and oxygen atoms in total. The number of nitrogens with zero attached hydrogens (tertiary/aromatic N) is 2. The molecule has 2 N–H and O–H groups in total. The van der Waals surface area contributed by atoms with Crippen molar-refractivity contribution in [2.45, 2.75) is 50.0 Å². The van der Waals surface area contributed by atoms with E-state index in [1.807, 2.05) is 12.3 Å². The molecule has 2 aromatic heterocycles. The number of fused-ring (bicyclic) bond motifs is 1. The highest BCUT2D eigenvalue weighted by Gasteiger charge is 2.20. The first-order valence-electron chi connectivity index (χ1n) is 10.6. The third kappa shape index (κ3) is 5.55. The van der Waals surface area contributed by atoms with Crippen molar-refractivity contribution in [2.75, 3.05) is 6.26 Å². The number of hydrogen-bond acceptors (Lipinski definition) is 6. The number of aromatic nitrogens is 2. The maximum atomic E-state index is 11.9. The molecular weight excluding hydrogens is 408 g/mol. The van der Waals surface area contributed by atoms with E-state index in [2.05, 4.69) is 50.9 Å². The number of pyridine rings is 2. The minimum atomic E-state index is -3.33. The third-order valence-corrected chi connectivity index (χ3v) is 6.69. The fourth-order valence-corrected chi connectivity index (χ4v) is 4.93. The van der Waals surface area contributed by atoms with Crippen molar-refractivity contribution in [3.8, 4) is 0 Å². The summed E-state index contributed by atoms with van der Waals surface area (Å²) in [6, 6.07) is 16.6. The van der Waals surface area contributed by atoms with Crippen LogP contribution < -0.4 is 10.6 Å². The van der Waals surface area contributed by atoms with Gasteiger partial charge in [0.2, 0.25) is 0 Å². The summed E-state index contributed by atoms with van der Waals surface area (Å²) < 4.78 is 23.7. The zero-order valence-corrected chi connectivity index (χ0v) is 18.5. The molecule has 0 aliphatic heterocycles. The van der Waals surface area contributed by atoms with Gasteiger partial charge in [0.1, 0.15) is 0 Å². The van der Waals surface area contributed by atoms with Crippen molar-refractivity contribution in [3.63, 3.8) is 0 Å². The SMILES string of the molecule is CS(=O)(=O)c1ncccc1CNCc1ccc(CNC2CCCc3cccnc32)cc1. The van der Waals surface area contributed by atoms with E-state index in [4.69, 9.17) is 0 Å². The molecular formula is C24H28N4O2S. The van der Waals surface area contributed by atoms with Crippen LogP contribution in [0.1, 0.15) is 46.8 Å². The largest absolute Gasteiger partial charge is 0.309 e. The van der Waals surface area contributed by atoms with E-state index in [1.54, 1.807) is 12.1 Å². The lowest BCUT2D eigenvalue weighted by molar-refractivity contribution is 0.447. The Labute approximate surface area is 184 Å². The lowest BCUT2D eigenvalue weighted by Crippen LogP contribution is -2.25. The summed E-state index contributed by atoms with van der Waals surface area (Å²) in [7, 11) is -3.33. The number of hydrogen-bond donors (Lipinski definition) is 2. The van der Waals surface area contributed by atoms with Crippen LogP contribution in [-0.2, 0) is 35.9 Å². The molecule has 4 rings (SSSR count). The minimum Gasteiger partial charge on any atom is -0.309 e. The van der Waals surface area contributed by atoms with Gasteiger partial charge in [0.05, 0.1) is 11.7 Å². The Morgan fingerprint density at radius 2 is 1.65 bits per heavy atom. The number of nitrogens with one attached hydrogen (secondary N) is 2. The molecule has 0 spiro atoms. The quantitative estimate of drug-likeness (QED) is 0.564. The number of rotatable bonds is 8. The standard InChI is InChI=1S/C24H28N4O2S/c1-31(29,30)24-21(7-4-14-27-24)17-25-15-18-9-11-19(12-10-18)16-28-22-8-2-5-20-6-3-13-26-23(20)22/h3-4,6-7,9-14,22,25,28H,2,5,8,15-17H2,1H3. The van der Waals surface area contributed by atoms with Gasteiger partial charge in [0.25, 0.3) is 0 Å². The maximum absolute atomic E-state index is 11.9. The average molecular weight is 437 g/mol. The second-order valence-corrected chi connectivity index (χ2v) is 9.96. The number of sulfone groups is 1. The Hall–Kier alpha value is -2.61. The monoisotopic (exact) mass is 436 g/mol. The Bertz CT molecular complexity index is 1130. The van der Waals surface area contributed by atoms with Crippen LogP contribution in [0.25, 0.3) is 0 Å². The van der Waals surface area contributed by atoms with Crippen LogP contribution in [0.15, 0.2) is 66.0 Å². The van der Waals surface area contributed by atoms with Crippen molar-refractivity contribution in [1.82, 2.24) is 20.6 Å². The molecule has 0 saturated carbocycles. The minimum absolute atomic E-state index is 0.141. The molecule has 31 heavy (non-hydrogen) atoms. The van der Waals surface area contributed by atoms with Gasteiger partial charge in [-0.1, -0.05) is 36.4 Å². The van der Waals surface area contributed by atoms with Crippen molar-refractivity contribution in [3.05, 3.63) is 88.9 Å². The average Bonchev–Trinajstić information content (AvgIpc) is 2.78. The van der Waals surface area contributed by atoms with Crippen molar-refractivity contribution >= 4 is 9.84 Å². The molecule has 3 aromatic rings. The van der Waals surface area contributed by atoms with E-state index in [9.17, 15) is 8.42 Å². The highest BCUT2D eigenvalue weighted by Crippen LogP contribution is 2.27. The van der Waals surface area contributed by atoms with Gasteiger partial charge >= 0.3 is 0 Å². The van der Waals surface area contributed by atoms with Crippen LogP contribution in [0.2, 0.25) is 0 Å². The van der Waals surface area contributed by atoms with E-state index in [0.717, 1.165) is 24.9 Å². The van der Waals surface area contributed by atoms with E-state index in [0.29, 0.717) is 24.7 Å². The van der Waals surface area contributed by atoms with Crippen LogP contribution in [0.3, 0.4) is 0 Å². The fourth-order valence-electron chi connectivity index (χ4n) is 4.06. The second-order valence-electron chi connectivity index (χ2n) is 8.03. The summed E-state index contributed by atoms with van der Waals surface area (Å²) in [5.41, 5.74) is 5.63. The summed E-state index contributed by atoms with van der Waals surface area (Å²) in [6.45, 7) is 1.92. The first kappa shape index (κ1) is 21.6. The molecule has 1 aromatic carbocycles. The Morgan fingerprint density at radius 1 is 0.935 bits per heavy atom. The first-order chi connectivity index (χ1) is 15.0. The zero-order chi connectivity index (χ0) is 21.7. The van der Waals surface area contributed by atoms with Crippen LogP contribution in [0.5, 0.6) is 0 Å². The van der Waals surface area contributed by atoms with Crippen LogP contribution >= 0.6 is 0 Å². The molecule has 0 saturated heterocycles. The topological polar surface area (TPSA) is 84.0 Å². The van der Waals surface area contributed by atoms with Crippen LogP contribution in [-0.4, -0.2) is 24.6 Å². The van der Waals surface area contributed by atoms with Gasteiger partial charge < -0.3 is 10.6 Å². The molecule has 7 heteroatoms. The molecule has 0 bridgehead atoms. The van der Waals surface area contributed by atoms with E-state index in [1.165, 1.54) is 35.7 Å². The normalized spacial score (nSPS) is 16.1. The Morgan fingerprint density at radius 3 is 2.42 bits per heavy atom. The number of aryl methyl sites for hydroxylation is 1. The van der Waals surface area contributed by atoms with Gasteiger partial charge in [0, 0.05) is 43.8 Å². The third-order valence-electron chi connectivity index (χ3n) is 5.62. The van der Waals surface area contributed by atoms with Gasteiger partial charge in [-0.25, -0.2) is 13.4 Å². The lowest BCUT2D eigenvalue weighted by atomic mass is 9.92. The summed E-state index contributed by atoms with van der Waals surface area (Å²) in [5, 5.41) is 7.11. The molecule has 1 atom stereocenters. The molecule has 0 fully saturated rings. The summed E-state index contributed by atoms with van der Waals surface area (Å²) in [4.78, 5) is 8.62. The zero-order valence-electron chi connectivity index (χ0n) is 17.7. The van der Waals surface area contributed by atoms with Crippen molar-refractivity contribution < 1.29 is 8.42 Å². The van der Waals surface area contributed by atoms with Gasteiger partial charge in [-0.15, -0.1) is 0 Å². The molecule has 0 radical (unpaired) electrons. The first-order valence-corrected chi connectivity index (χ1v) is 12.5. The van der Waals surface area contributed by atoms with Gasteiger partial charge in [-0.3, -0.25) is 4.98 Å². The van der Waals surface area contributed by atoms with Crippen LogP contribution in [0, 0.1) is 0 Å². The smallest absolute Gasteiger partial charge is 0.193 e. The molecule has 0 amide bonds. The number of benzene rings is 1. The van der Waals surface area contributed by atoms with Crippen molar-refractivity contribution in [2.24, 2.45) is 0 Å². The van der Waals surface area contributed by atoms with Crippen LogP contribution in [0.4, 0.5) is 0 Å². The fraction of sp³-hybridized carbons (Fsp3) is 0.333. The summed E-state index contributed by atoms with van der Waals surface area (Å²) in [5.74, 6) is 0. The summed E-state index contributed by atoms with van der Waals surface area (Å²) in [6.07, 6.45) is 8.01. The van der Waals surface area contributed by atoms with Gasteiger partial charge in [-0.05, 0) is 48.1 Å².